The van der Waals surface area contributed by atoms with Gasteiger partial charge in [0.1, 0.15) is 18.2 Å². The van der Waals surface area contributed by atoms with E-state index < -0.39 is 0 Å². The van der Waals surface area contributed by atoms with Gasteiger partial charge in [-0.1, -0.05) is 0 Å². The maximum atomic E-state index is 12.7. The standard InChI is InChI=1S/C9H10FNO/c10-7-1-2-9-6(3-7)4-8(11)5-12-9/h1-3,8H,4-5,11H2/t8-/m0/s1. The van der Waals surface area contributed by atoms with Crippen LogP contribution in [0.4, 0.5) is 4.39 Å². The van der Waals surface area contributed by atoms with Crippen LogP contribution in [0.2, 0.25) is 0 Å². The number of benzene rings is 1. The van der Waals surface area contributed by atoms with Gasteiger partial charge in [-0.05, 0) is 30.2 Å². The normalized spacial score (nSPS) is 21.3. The maximum Gasteiger partial charge on any atom is 0.123 e. The lowest BCUT2D eigenvalue weighted by Crippen LogP contribution is -2.33. The monoisotopic (exact) mass is 167 g/mol. The summed E-state index contributed by atoms with van der Waals surface area (Å²) >= 11 is 0. The predicted octanol–water partition coefficient (Wildman–Crippen LogP) is 1.09. The molecule has 0 unspecified atom stereocenters. The third-order valence-electron chi connectivity index (χ3n) is 1.96. The SMILES string of the molecule is N[C@@H]1COc2ccc(F)cc2C1. The first-order valence-electron chi connectivity index (χ1n) is 3.92. The van der Waals surface area contributed by atoms with Gasteiger partial charge in [-0.3, -0.25) is 0 Å². The van der Waals surface area contributed by atoms with Crippen molar-refractivity contribution in [2.24, 2.45) is 5.73 Å². The molecule has 2 nitrogen and oxygen atoms in total. The fraction of sp³-hybridized carbons (Fsp3) is 0.333. The van der Waals surface area contributed by atoms with Crippen molar-refractivity contribution < 1.29 is 9.13 Å². The largest absolute Gasteiger partial charge is 0.492 e. The Bertz CT molecular complexity index is 301. The van der Waals surface area contributed by atoms with Crippen molar-refractivity contribution in [2.45, 2.75) is 12.5 Å². The van der Waals surface area contributed by atoms with Crippen molar-refractivity contribution in [2.75, 3.05) is 6.61 Å². The summed E-state index contributed by atoms with van der Waals surface area (Å²) in [7, 11) is 0. The van der Waals surface area contributed by atoms with Crippen LogP contribution in [0.15, 0.2) is 18.2 Å². The average molecular weight is 167 g/mol. The molecule has 1 heterocycles. The molecule has 0 spiro atoms. The molecule has 2 N–H and O–H groups in total. The topological polar surface area (TPSA) is 35.2 Å². The van der Waals surface area contributed by atoms with E-state index >= 15 is 0 Å². The molecule has 1 atom stereocenters. The Hall–Kier alpha value is -1.09. The van der Waals surface area contributed by atoms with Crippen LogP contribution < -0.4 is 10.5 Å². The maximum absolute atomic E-state index is 12.7. The van der Waals surface area contributed by atoms with E-state index in [2.05, 4.69) is 0 Å². The predicted molar refractivity (Wildman–Crippen MR) is 43.6 cm³/mol. The highest BCUT2D eigenvalue weighted by atomic mass is 19.1. The van der Waals surface area contributed by atoms with Crippen LogP contribution in [0.25, 0.3) is 0 Å². The van der Waals surface area contributed by atoms with Crippen molar-refractivity contribution in [3.05, 3.63) is 29.6 Å². The molecule has 0 saturated carbocycles. The van der Waals surface area contributed by atoms with Gasteiger partial charge in [0, 0.05) is 6.04 Å². The Labute approximate surface area is 70.1 Å². The lowest BCUT2D eigenvalue weighted by molar-refractivity contribution is 0.263. The summed E-state index contributed by atoms with van der Waals surface area (Å²) in [6.07, 6.45) is 0.701. The number of hydrogen-bond donors (Lipinski definition) is 1. The van der Waals surface area contributed by atoms with E-state index in [1.165, 1.54) is 12.1 Å². The summed E-state index contributed by atoms with van der Waals surface area (Å²) in [6.45, 7) is 0.526. The van der Waals surface area contributed by atoms with Crippen molar-refractivity contribution in [3.63, 3.8) is 0 Å². The molecule has 0 aliphatic carbocycles. The fourth-order valence-corrected chi connectivity index (χ4v) is 1.39. The van der Waals surface area contributed by atoms with Crippen LogP contribution in [0, 0.1) is 5.82 Å². The highest BCUT2D eigenvalue weighted by molar-refractivity contribution is 5.36. The van der Waals surface area contributed by atoms with Gasteiger partial charge in [-0.25, -0.2) is 4.39 Å². The zero-order valence-electron chi connectivity index (χ0n) is 6.59. The molecule has 64 valence electrons. The van der Waals surface area contributed by atoms with E-state index in [1.54, 1.807) is 6.07 Å². The molecular formula is C9H10FNO. The van der Waals surface area contributed by atoms with Crippen LogP contribution in [0.1, 0.15) is 5.56 Å². The Morgan fingerprint density at radius 3 is 3.17 bits per heavy atom. The molecule has 0 aromatic heterocycles. The summed E-state index contributed by atoms with van der Waals surface area (Å²) < 4.78 is 18.0. The number of rotatable bonds is 0. The molecule has 1 aliphatic rings. The minimum absolute atomic E-state index is 0.000648. The summed E-state index contributed by atoms with van der Waals surface area (Å²) in [4.78, 5) is 0. The molecule has 2 rings (SSSR count). The van der Waals surface area contributed by atoms with Crippen molar-refractivity contribution in [3.8, 4) is 5.75 Å². The second-order valence-corrected chi connectivity index (χ2v) is 3.03. The summed E-state index contributed by atoms with van der Waals surface area (Å²) in [5, 5.41) is 0. The van der Waals surface area contributed by atoms with Crippen molar-refractivity contribution in [1.82, 2.24) is 0 Å². The molecule has 1 aromatic carbocycles. The fourth-order valence-electron chi connectivity index (χ4n) is 1.39. The van der Waals surface area contributed by atoms with Gasteiger partial charge >= 0.3 is 0 Å². The van der Waals surface area contributed by atoms with Gasteiger partial charge in [0.25, 0.3) is 0 Å². The quantitative estimate of drug-likeness (QED) is 0.627. The Morgan fingerprint density at radius 1 is 1.50 bits per heavy atom. The molecule has 1 aliphatic heterocycles. The zero-order chi connectivity index (χ0) is 8.55. The summed E-state index contributed by atoms with van der Waals surface area (Å²) in [5.74, 6) is 0.532. The number of fused-ring (bicyclic) bond motifs is 1. The minimum atomic E-state index is -0.230. The van der Waals surface area contributed by atoms with E-state index in [4.69, 9.17) is 10.5 Å². The number of hydrogen-bond acceptors (Lipinski definition) is 2. The Morgan fingerprint density at radius 2 is 2.33 bits per heavy atom. The average Bonchev–Trinajstić information content (AvgIpc) is 2.03. The molecule has 12 heavy (non-hydrogen) atoms. The third kappa shape index (κ3) is 1.28. The third-order valence-corrected chi connectivity index (χ3v) is 1.96. The highest BCUT2D eigenvalue weighted by Crippen LogP contribution is 2.24. The molecule has 0 radical (unpaired) electrons. The minimum Gasteiger partial charge on any atom is -0.492 e. The van der Waals surface area contributed by atoms with Crippen LogP contribution in [0.5, 0.6) is 5.75 Å². The van der Waals surface area contributed by atoms with Crippen molar-refractivity contribution >= 4 is 0 Å². The molecule has 0 bridgehead atoms. The van der Waals surface area contributed by atoms with Gasteiger partial charge in [-0.2, -0.15) is 0 Å². The lowest BCUT2D eigenvalue weighted by atomic mass is 10.0. The molecule has 1 aromatic rings. The van der Waals surface area contributed by atoms with E-state index in [-0.39, 0.29) is 11.9 Å². The molecule has 3 heteroatoms. The van der Waals surface area contributed by atoms with Gasteiger partial charge < -0.3 is 10.5 Å². The number of halogens is 1. The first-order chi connectivity index (χ1) is 5.75. The van der Waals surface area contributed by atoms with Gasteiger partial charge in [0.2, 0.25) is 0 Å². The van der Waals surface area contributed by atoms with Crippen LogP contribution in [-0.2, 0) is 6.42 Å². The first kappa shape index (κ1) is 7.55. The number of ether oxygens (including phenoxy) is 1. The van der Waals surface area contributed by atoms with Gasteiger partial charge in [0.15, 0.2) is 0 Å². The molecule has 0 saturated heterocycles. The Kier molecular flexibility index (Phi) is 1.73. The van der Waals surface area contributed by atoms with E-state index in [0.29, 0.717) is 13.0 Å². The van der Waals surface area contributed by atoms with E-state index in [9.17, 15) is 4.39 Å². The lowest BCUT2D eigenvalue weighted by Gasteiger charge is -2.21. The molecule has 0 amide bonds. The number of nitrogens with two attached hydrogens (primary N) is 1. The van der Waals surface area contributed by atoms with E-state index in [0.717, 1.165) is 11.3 Å². The van der Waals surface area contributed by atoms with Crippen LogP contribution in [0.3, 0.4) is 0 Å². The second kappa shape index (κ2) is 2.75. The molecular weight excluding hydrogens is 157 g/mol. The zero-order valence-corrected chi connectivity index (χ0v) is 6.59. The summed E-state index contributed by atoms with van der Waals surface area (Å²) in [6, 6.07) is 4.53. The van der Waals surface area contributed by atoms with Crippen LogP contribution in [-0.4, -0.2) is 12.6 Å². The first-order valence-corrected chi connectivity index (χ1v) is 3.92. The van der Waals surface area contributed by atoms with E-state index in [1.807, 2.05) is 0 Å². The van der Waals surface area contributed by atoms with Gasteiger partial charge in [-0.15, -0.1) is 0 Å². The van der Waals surface area contributed by atoms with Crippen LogP contribution >= 0.6 is 0 Å². The summed E-state index contributed by atoms with van der Waals surface area (Å²) in [5.41, 5.74) is 6.52. The molecule has 0 fully saturated rings. The smallest absolute Gasteiger partial charge is 0.123 e. The Balaban J connectivity index is 2.37. The second-order valence-electron chi connectivity index (χ2n) is 3.03. The van der Waals surface area contributed by atoms with Gasteiger partial charge in [0.05, 0.1) is 0 Å². The van der Waals surface area contributed by atoms with Crippen molar-refractivity contribution in [1.29, 1.82) is 0 Å². The highest BCUT2D eigenvalue weighted by Gasteiger charge is 2.16.